The minimum Gasteiger partial charge on any atom is -0.453 e. The molecule has 3 aliphatic rings. The number of benzene rings is 3. The second kappa shape index (κ2) is 17.0. The number of nitrogens with one attached hydrogen (secondary N) is 4. The van der Waals surface area contributed by atoms with Gasteiger partial charge in [-0.15, -0.1) is 0 Å². The molecule has 4 amide bonds. The number of alkyl halides is 2. The molecule has 4 N–H and O–H groups in total. The molecule has 4 atom stereocenters. The van der Waals surface area contributed by atoms with Crippen LogP contribution in [0.2, 0.25) is 0 Å². The summed E-state index contributed by atoms with van der Waals surface area (Å²) in [5.74, 6) is -2.98. The van der Waals surface area contributed by atoms with Gasteiger partial charge in [-0.05, 0) is 96.4 Å². The van der Waals surface area contributed by atoms with Gasteiger partial charge in [-0.2, -0.15) is 8.78 Å². The van der Waals surface area contributed by atoms with Crippen molar-refractivity contribution in [2.45, 2.75) is 97.3 Å². The van der Waals surface area contributed by atoms with E-state index in [1.807, 2.05) is 71.9 Å². The van der Waals surface area contributed by atoms with Crippen LogP contribution in [0.1, 0.15) is 102 Å². The smallest absolute Gasteiger partial charge is 0.407 e. The summed E-state index contributed by atoms with van der Waals surface area (Å²) in [6, 6.07) is 13.4. The van der Waals surface area contributed by atoms with Crippen LogP contribution in [0.25, 0.3) is 44.5 Å². The quantitative estimate of drug-likeness (QED) is 0.0908. The van der Waals surface area contributed by atoms with E-state index in [1.54, 1.807) is 34.2 Å². The maximum absolute atomic E-state index is 16.6. The monoisotopic (exact) mass is 878 g/mol. The Balaban J connectivity index is 1.03. The number of halogens is 2. The number of hydrogen-bond acceptors (Lipinski definition) is 8. The van der Waals surface area contributed by atoms with E-state index in [-0.39, 0.29) is 46.2 Å². The molecule has 1 aliphatic heterocycles. The number of carbonyl (C=O) groups excluding carboxylic acids is 4. The molecule has 1 saturated carbocycles. The van der Waals surface area contributed by atoms with E-state index in [4.69, 9.17) is 14.5 Å². The van der Waals surface area contributed by atoms with Crippen molar-refractivity contribution in [1.82, 2.24) is 40.4 Å². The van der Waals surface area contributed by atoms with E-state index < -0.39 is 36.2 Å². The molecule has 0 radical (unpaired) electrons. The van der Waals surface area contributed by atoms with Gasteiger partial charge in [-0.1, -0.05) is 65.0 Å². The van der Waals surface area contributed by atoms with Gasteiger partial charge in [0.25, 0.3) is 5.92 Å². The lowest BCUT2D eigenvalue weighted by atomic mass is 9.98. The van der Waals surface area contributed by atoms with Crippen LogP contribution in [0.5, 0.6) is 0 Å². The summed E-state index contributed by atoms with van der Waals surface area (Å²) in [4.78, 5) is 71.8. The first kappa shape index (κ1) is 44.3. The minimum atomic E-state index is -3.29. The first-order chi connectivity index (χ1) is 30.5. The Kier molecular flexibility index (Phi) is 11.8. The zero-order valence-corrected chi connectivity index (χ0v) is 37.5. The van der Waals surface area contributed by atoms with Crippen molar-refractivity contribution < 1.29 is 37.4 Å². The molecule has 1 unspecified atom stereocenters. The Morgan fingerprint density at radius 2 is 1.44 bits per heavy atom. The zero-order chi connectivity index (χ0) is 45.8. The van der Waals surface area contributed by atoms with E-state index in [9.17, 15) is 19.2 Å². The van der Waals surface area contributed by atoms with Crippen LogP contribution in [0.4, 0.5) is 18.4 Å². The van der Waals surface area contributed by atoms with Gasteiger partial charge < -0.3 is 39.9 Å². The number of likely N-dealkylation sites (N-methyl/N-ethyl adjacent to an activating group) is 1. The number of rotatable bonds is 13. The summed E-state index contributed by atoms with van der Waals surface area (Å²) in [7, 11) is 2.52. The fourth-order valence-corrected chi connectivity index (χ4v) is 9.51. The van der Waals surface area contributed by atoms with Gasteiger partial charge in [-0.3, -0.25) is 9.59 Å². The molecule has 2 fully saturated rings. The zero-order valence-electron chi connectivity index (χ0n) is 37.5. The molecular formula is C48H56F2N8O6. The maximum atomic E-state index is 16.6. The Morgan fingerprint density at radius 1 is 0.844 bits per heavy atom. The number of aromatic amines is 2. The molecule has 1 saturated heterocycles. The average molecular weight is 879 g/mol. The van der Waals surface area contributed by atoms with Crippen molar-refractivity contribution in [1.29, 1.82) is 0 Å². The van der Waals surface area contributed by atoms with Gasteiger partial charge in [0, 0.05) is 29.8 Å². The van der Waals surface area contributed by atoms with Gasteiger partial charge in [0.15, 0.2) is 0 Å². The van der Waals surface area contributed by atoms with Crippen molar-refractivity contribution in [2.24, 2.45) is 17.3 Å². The number of aromatic nitrogens is 4. The summed E-state index contributed by atoms with van der Waals surface area (Å²) in [5.41, 5.74) is 4.51. The van der Waals surface area contributed by atoms with Crippen LogP contribution in [0, 0.1) is 17.3 Å². The predicted octanol–water partition coefficient (Wildman–Crippen LogP) is 8.85. The highest BCUT2D eigenvalue weighted by Gasteiger charge is 2.55. The highest BCUT2D eigenvalue weighted by Crippen LogP contribution is 2.58. The second-order valence-electron chi connectivity index (χ2n) is 18.1. The SMILES string of the molecule is CC[C@@H](c1nc2ccc(-c3ccc4c(c3)C(F)(F)c3cc(-c5cnc(C6CC7(CC7)CN6C(=O)[C@@H](NC(=O)OC)C(C)C)[nH]5)ccc3-4)cc2[nH]1)N(CC)C(=O)[C@@H](NC(=O)OC)C(C)C. The van der Waals surface area contributed by atoms with E-state index in [0.29, 0.717) is 70.1 Å². The lowest BCUT2D eigenvalue weighted by molar-refractivity contribution is -0.137. The molecule has 3 heterocycles. The van der Waals surface area contributed by atoms with E-state index >= 15 is 8.78 Å². The highest BCUT2D eigenvalue weighted by molar-refractivity contribution is 5.89. The van der Waals surface area contributed by atoms with Crippen molar-refractivity contribution in [3.63, 3.8) is 0 Å². The molecule has 8 rings (SSSR count). The number of alkyl carbamates (subject to hydrolysis) is 2. The van der Waals surface area contributed by atoms with Crippen LogP contribution < -0.4 is 10.6 Å². The first-order valence-corrected chi connectivity index (χ1v) is 22.1. The van der Waals surface area contributed by atoms with Crippen LogP contribution >= 0.6 is 0 Å². The van der Waals surface area contributed by atoms with Crippen LogP contribution in [0.15, 0.2) is 60.8 Å². The molecule has 16 heteroatoms. The lowest BCUT2D eigenvalue weighted by Crippen LogP contribution is -2.52. The van der Waals surface area contributed by atoms with Crippen molar-refractivity contribution in [3.8, 4) is 33.5 Å². The Hall–Kier alpha value is -6.32. The normalized spacial score (nSPS) is 18.1. The molecule has 0 bridgehead atoms. The van der Waals surface area contributed by atoms with E-state index in [0.717, 1.165) is 24.8 Å². The van der Waals surface area contributed by atoms with Gasteiger partial charge in [0.2, 0.25) is 11.8 Å². The predicted molar refractivity (Wildman–Crippen MR) is 237 cm³/mol. The fourth-order valence-electron chi connectivity index (χ4n) is 9.51. The van der Waals surface area contributed by atoms with Gasteiger partial charge in [0.1, 0.15) is 23.7 Å². The number of likely N-dealkylation sites (tertiary alicyclic amines) is 1. The molecule has 64 heavy (non-hydrogen) atoms. The number of amides is 4. The van der Waals surface area contributed by atoms with Gasteiger partial charge >= 0.3 is 12.2 Å². The molecule has 338 valence electrons. The van der Waals surface area contributed by atoms with Crippen LogP contribution in [-0.4, -0.2) is 93.1 Å². The number of methoxy groups -OCH3 is 2. The third-order valence-electron chi connectivity index (χ3n) is 13.3. The van der Waals surface area contributed by atoms with Crippen molar-refractivity contribution >= 4 is 35.0 Å². The molecular weight excluding hydrogens is 823 g/mol. The number of nitrogens with zero attached hydrogens (tertiary/aromatic N) is 4. The van der Waals surface area contributed by atoms with Gasteiger partial charge in [-0.25, -0.2) is 19.6 Å². The van der Waals surface area contributed by atoms with Crippen LogP contribution in [-0.2, 0) is 25.0 Å². The summed E-state index contributed by atoms with van der Waals surface area (Å²) in [6.45, 7) is 12.2. The van der Waals surface area contributed by atoms with E-state index in [2.05, 4.69) is 25.6 Å². The number of hydrogen-bond donors (Lipinski definition) is 4. The summed E-state index contributed by atoms with van der Waals surface area (Å²) in [6.07, 6.45) is 3.54. The third kappa shape index (κ3) is 7.95. The molecule has 2 aromatic heterocycles. The molecule has 2 aliphatic carbocycles. The third-order valence-corrected chi connectivity index (χ3v) is 13.3. The topological polar surface area (TPSA) is 175 Å². The Labute approximate surface area is 370 Å². The maximum Gasteiger partial charge on any atom is 0.407 e. The second-order valence-corrected chi connectivity index (χ2v) is 18.1. The van der Waals surface area contributed by atoms with Crippen LogP contribution in [0.3, 0.4) is 0 Å². The van der Waals surface area contributed by atoms with Crippen molar-refractivity contribution in [2.75, 3.05) is 27.3 Å². The lowest BCUT2D eigenvalue weighted by Gasteiger charge is -2.33. The van der Waals surface area contributed by atoms with Gasteiger partial charge in [0.05, 0.1) is 49.2 Å². The first-order valence-electron chi connectivity index (χ1n) is 22.1. The molecule has 5 aromatic rings. The number of ether oxygens (including phenoxy) is 2. The number of carbonyl (C=O) groups is 4. The molecule has 14 nitrogen and oxygen atoms in total. The Morgan fingerprint density at radius 3 is 2.03 bits per heavy atom. The van der Waals surface area contributed by atoms with Crippen molar-refractivity contribution in [3.05, 3.63) is 83.6 Å². The summed E-state index contributed by atoms with van der Waals surface area (Å²) >= 11 is 0. The summed E-state index contributed by atoms with van der Waals surface area (Å²) < 4.78 is 42.8. The number of fused-ring (bicyclic) bond motifs is 4. The standard InChI is InChI=1S/C48H56F2N8O6/c1-9-37(57(10-2)43(59)39(25(3)4)55-45(61)63-7)42-52-34-16-13-28(21-35(34)53-42)27-11-14-30-31-15-12-29(20-33(31)48(49,50)32(30)19-27)36-23-51-41(54-36)38-22-47(17-18-47)24-58(38)44(60)40(26(5)6)56-46(62)64-8/h11-16,19-21,23,25-26,37-40H,9-10,17-18,22,24H2,1-8H3,(H,51,54)(H,52,53)(H,55,61)(H,56,62)/t37-,38?,39-,40-/m0/s1. The largest absolute Gasteiger partial charge is 0.453 e. The summed E-state index contributed by atoms with van der Waals surface area (Å²) in [5, 5.41) is 5.37. The number of H-pyrrole nitrogens is 2. The van der Waals surface area contributed by atoms with E-state index in [1.165, 1.54) is 20.3 Å². The molecule has 3 aromatic carbocycles. The highest BCUT2D eigenvalue weighted by atomic mass is 19.3. The molecule has 1 spiro atoms. The minimum absolute atomic E-state index is 0.00778. The Bertz CT molecular complexity index is 2620. The fraction of sp³-hybridized carbons (Fsp3) is 0.458. The number of imidazole rings is 2. The average Bonchev–Trinajstić information content (AvgIpc) is 3.61.